The molecule has 4 N–H and O–H groups in total. The minimum Gasteiger partial charge on any atom is -0.387 e. The zero-order valence-electron chi connectivity index (χ0n) is 24.2. The molecule has 2 aromatic carbocycles. The molecule has 1 aliphatic heterocycles. The lowest BCUT2D eigenvalue weighted by atomic mass is 9.91. The molecule has 230 valence electrons. The summed E-state index contributed by atoms with van der Waals surface area (Å²) in [5, 5.41) is 24.8. The molecule has 12 nitrogen and oxygen atoms in total. The molecule has 1 saturated heterocycles. The molecule has 3 heterocycles. The molecule has 1 fully saturated rings. The Morgan fingerprint density at radius 3 is 2.33 bits per heavy atom. The van der Waals surface area contributed by atoms with Crippen molar-refractivity contribution in [1.82, 2.24) is 24.2 Å². The maximum atomic E-state index is 12.6. The van der Waals surface area contributed by atoms with E-state index in [0.29, 0.717) is 29.9 Å². The number of rotatable bonds is 14. The lowest BCUT2D eigenvalue weighted by molar-refractivity contribution is -0.0580. The van der Waals surface area contributed by atoms with Crippen LogP contribution in [0.1, 0.15) is 48.9 Å². The van der Waals surface area contributed by atoms with Gasteiger partial charge >= 0.3 is 0 Å². The van der Waals surface area contributed by atoms with Crippen LogP contribution in [0.5, 0.6) is 0 Å². The summed E-state index contributed by atoms with van der Waals surface area (Å²) in [5.74, 6) is 0.612. The SMILES string of the molecule is CCCCS(=O)(=O)NCc1nc(NCC(c2ccccc2)c2ccccc2)c2ncn([C@@H]3O[C@H](COC)[C@@H](O)[C@H]3O)c2n1. The van der Waals surface area contributed by atoms with Gasteiger partial charge in [0.25, 0.3) is 0 Å². The molecule has 0 amide bonds. The van der Waals surface area contributed by atoms with E-state index in [4.69, 9.17) is 9.47 Å². The Kier molecular flexibility index (Phi) is 10.0. The summed E-state index contributed by atoms with van der Waals surface area (Å²) in [4.78, 5) is 13.8. The van der Waals surface area contributed by atoms with Gasteiger partial charge in [-0.3, -0.25) is 4.57 Å². The van der Waals surface area contributed by atoms with Crippen molar-refractivity contribution >= 4 is 27.0 Å². The minimum absolute atomic E-state index is 0.00545. The van der Waals surface area contributed by atoms with Gasteiger partial charge in [0.1, 0.15) is 24.1 Å². The van der Waals surface area contributed by atoms with Crippen LogP contribution in [0.25, 0.3) is 11.2 Å². The molecule has 2 aromatic heterocycles. The van der Waals surface area contributed by atoms with E-state index in [1.54, 1.807) is 0 Å². The maximum absolute atomic E-state index is 12.6. The number of nitrogens with one attached hydrogen (secondary N) is 2. The van der Waals surface area contributed by atoms with Crippen molar-refractivity contribution in [3.8, 4) is 0 Å². The summed E-state index contributed by atoms with van der Waals surface area (Å²) >= 11 is 0. The summed E-state index contributed by atoms with van der Waals surface area (Å²) < 4.78 is 40.3. The Morgan fingerprint density at radius 2 is 1.70 bits per heavy atom. The summed E-state index contributed by atoms with van der Waals surface area (Å²) in [6.07, 6.45) is -1.41. The first-order valence-electron chi connectivity index (χ1n) is 14.4. The highest BCUT2D eigenvalue weighted by molar-refractivity contribution is 7.89. The van der Waals surface area contributed by atoms with Gasteiger partial charge in [0.2, 0.25) is 10.0 Å². The van der Waals surface area contributed by atoms with Gasteiger partial charge in [0, 0.05) is 19.6 Å². The second-order valence-electron chi connectivity index (χ2n) is 10.6. The predicted octanol–water partition coefficient (Wildman–Crippen LogP) is 2.56. The highest BCUT2D eigenvalue weighted by Gasteiger charge is 2.44. The van der Waals surface area contributed by atoms with Gasteiger partial charge in [0.15, 0.2) is 23.2 Å². The molecule has 4 atom stereocenters. The van der Waals surface area contributed by atoms with Crippen LogP contribution in [-0.2, 0) is 26.0 Å². The van der Waals surface area contributed by atoms with Crippen LogP contribution in [0.4, 0.5) is 5.82 Å². The summed E-state index contributed by atoms with van der Waals surface area (Å²) in [7, 11) is -2.05. The van der Waals surface area contributed by atoms with Crippen molar-refractivity contribution in [2.45, 2.75) is 56.8 Å². The number of nitrogens with zero attached hydrogens (tertiary/aromatic N) is 4. The van der Waals surface area contributed by atoms with E-state index in [-0.39, 0.29) is 30.6 Å². The van der Waals surface area contributed by atoms with E-state index in [1.165, 1.54) is 18.0 Å². The smallest absolute Gasteiger partial charge is 0.212 e. The number of ether oxygens (including phenoxy) is 2. The number of aromatic nitrogens is 4. The van der Waals surface area contributed by atoms with E-state index in [2.05, 4.69) is 49.3 Å². The molecule has 13 heteroatoms. The molecule has 4 aromatic rings. The number of hydrogen-bond acceptors (Lipinski definition) is 10. The number of hydrogen-bond donors (Lipinski definition) is 4. The van der Waals surface area contributed by atoms with Crippen LogP contribution in [0.15, 0.2) is 67.0 Å². The van der Waals surface area contributed by atoms with Gasteiger partial charge < -0.3 is 25.0 Å². The number of methoxy groups -OCH3 is 1. The van der Waals surface area contributed by atoms with Crippen LogP contribution in [-0.4, -0.2) is 82.5 Å². The van der Waals surface area contributed by atoms with Gasteiger partial charge in [-0.05, 0) is 17.5 Å². The normalized spacial score (nSPS) is 20.7. The van der Waals surface area contributed by atoms with Gasteiger partial charge in [-0.25, -0.2) is 28.1 Å². The number of aliphatic hydroxyl groups excluding tert-OH is 2. The van der Waals surface area contributed by atoms with Crippen molar-refractivity contribution in [2.24, 2.45) is 0 Å². The number of aliphatic hydroxyl groups is 2. The number of sulfonamides is 1. The van der Waals surface area contributed by atoms with Crippen molar-refractivity contribution in [2.75, 3.05) is 31.3 Å². The predicted molar refractivity (Wildman–Crippen MR) is 162 cm³/mol. The molecular weight excluding hydrogens is 572 g/mol. The Hall–Kier alpha value is -3.46. The second kappa shape index (κ2) is 13.9. The van der Waals surface area contributed by atoms with E-state index < -0.39 is 34.6 Å². The largest absolute Gasteiger partial charge is 0.387 e. The van der Waals surface area contributed by atoms with Crippen LogP contribution >= 0.6 is 0 Å². The Morgan fingerprint density at radius 1 is 1.02 bits per heavy atom. The van der Waals surface area contributed by atoms with Crippen LogP contribution in [0.2, 0.25) is 0 Å². The number of anilines is 1. The van der Waals surface area contributed by atoms with Crippen molar-refractivity contribution in [3.63, 3.8) is 0 Å². The average Bonchev–Trinajstić information content (AvgIpc) is 3.57. The van der Waals surface area contributed by atoms with Crippen LogP contribution in [0, 0.1) is 0 Å². The highest BCUT2D eigenvalue weighted by Crippen LogP contribution is 2.33. The molecule has 0 unspecified atom stereocenters. The zero-order valence-corrected chi connectivity index (χ0v) is 25.0. The van der Waals surface area contributed by atoms with E-state index in [0.717, 1.165) is 17.5 Å². The van der Waals surface area contributed by atoms with Crippen molar-refractivity contribution in [3.05, 3.63) is 83.9 Å². The first kappa shape index (κ1) is 31.0. The maximum Gasteiger partial charge on any atom is 0.212 e. The fourth-order valence-corrected chi connectivity index (χ4v) is 6.35. The third-order valence-corrected chi connectivity index (χ3v) is 8.91. The summed E-state index contributed by atoms with van der Waals surface area (Å²) in [5.41, 5.74) is 2.96. The monoisotopic (exact) mass is 610 g/mol. The van der Waals surface area contributed by atoms with E-state index in [1.807, 2.05) is 43.3 Å². The molecule has 43 heavy (non-hydrogen) atoms. The summed E-state index contributed by atoms with van der Waals surface area (Å²) in [6, 6.07) is 20.2. The number of unbranched alkanes of at least 4 members (excludes halogenated alkanes) is 1. The average molecular weight is 611 g/mol. The van der Waals surface area contributed by atoms with Crippen molar-refractivity contribution in [1.29, 1.82) is 0 Å². The molecule has 0 aliphatic carbocycles. The van der Waals surface area contributed by atoms with Crippen LogP contribution < -0.4 is 10.0 Å². The number of imidazole rings is 1. The summed E-state index contributed by atoms with van der Waals surface area (Å²) in [6.45, 7) is 2.35. The molecule has 0 radical (unpaired) electrons. The third-order valence-electron chi connectivity index (χ3n) is 7.50. The van der Waals surface area contributed by atoms with Crippen LogP contribution in [0.3, 0.4) is 0 Å². The highest BCUT2D eigenvalue weighted by atomic mass is 32.2. The van der Waals surface area contributed by atoms with Gasteiger partial charge in [0.05, 0.1) is 25.2 Å². The second-order valence-corrected chi connectivity index (χ2v) is 12.5. The van der Waals surface area contributed by atoms with Gasteiger partial charge in [-0.2, -0.15) is 0 Å². The third kappa shape index (κ3) is 7.20. The van der Waals surface area contributed by atoms with Crippen molar-refractivity contribution < 1.29 is 28.1 Å². The van der Waals surface area contributed by atoms with E-state index >= 15 is 0 Å². The number of fused-ring (bicyclic) bond motifs is 1. The quantitative estimate of drug-likeness (QED) is 0.167. The molecule has 0 saturated carbocycles. The van der Waals surface area contributed by atoms with E-state index in [9.17, 15) is 18.6 Å². The van der Waals surface area contributed by atoms with Gasteiger partial charge in [-0.15, -0.1) is 0 Å². The molecule has 1 aliphatic rings. The fourth-order valence-electron chi connectivity index (χ4n) is 5.19. The Balaban J connectivity index is 1.50. The topological polar surface area (TPSA) is 161 Å². The Labute approximate surface area is 251 Å². The van der Waals surface area contributed by atoms with Gasteiger partial charge in [-0.1, -0.05) is 74.0 Å². The lowest BCUT2D eigenvalue weighted by Crippen LogP contribution is -2.33. The molecule has 5 rings (SSSR count). The zero-order chi connectivity index (χ0) is 30.4. The minimum atomic E-state index is -3.53. The number of benzene rings is 2. The molecular formula is C30H38N6O6S. The lowest BCUT2D eigenvalue weighted by Gasteiger charge is -2.20. The first-order valence-corrected chi connectivity index (χ1v) is 16.0. The molecule has 0 bridgehead atoms. The standard InChI is InChI=1S/C30H38N6O6S/c1-3-4-15-43(39,40)33-17-24-34-28(31-16-22(20-11-7-5-8-12-20)21-13-9-6-10-14-21)25-29(35-24)36(19-32-25)30-27(38)26(37)23(42-30)18-41-2/h5-14,19,22-23,26-27,30,33,37-38H,3-4,15-18H2,1-2H3,(H,31,34,35)/t23-,26-,27-,30-/m1/s1. The first-order chi connectivity index (χ1) is 20.8. The Bertz CT molecular complexity index is 1550. The fraction of sp³-hybridized carbons (Fsp3) is 0.433. The molecule has 0 spiro atoms.